The van der Waals surface area contributed by atoms with Crippen LogP contribution in [0.1, 0.15) is 36.7 Å². The molecule has 0 aliphatic rings. The Morgan fingerprint density at radius 1 is 0.909 bits per heavy atom. The average molecular weight is 449 g/mol. The second-order valence-electron chi connectivity index (χ2n) is 8.42. The highest BCUT2D eigenvalue weighted by Gasteiger charge is 2.16. The van der Waals surface area contributed by atoms with Crippen molar-refractivity contribution in [2.24, 2.45) is 0 Å². The number of alkyl carbamates (subject to hydrolysis) is 1. The lowest BCUT2D eigenvalue weighted by atomic mass is 10.1. The van der Waals surface area contributed by atoms with Crippen LogP contribution in [0.2, 0.25) is 0 Å². The van der Waals surface area contributed by atoms with E-state index in [-0.39, 0.29) is 18.4 Å². The molecule has 0 bridgehead atoms. The van der Waals surface area contributed by atoms with Crippen molar-refractivity contribution in [3.63, 3.8) is 0 Å². The first-order valence-electron chi connectivity index (χ1n) is 10.6. The molecule has 33 heavy (non-hydrogen) atoms. The van der Waals surface area contributed by atoms with Crippen LogP contribution in [0, 0.1) is 0 Å². The number of carbonyl (C=O) groups is 3. The van der Waals surface area contributed by atoms with Crippen LogP contribution in [0.4, 0.5) is 10.5 Å². The lowest BCUT2D eigenvalue weighted by Gasteiger charge is -2.19. The number of hydrogen-bond acceptors (Lipinski definition) is 4. The topological polar surface area (TPSA) is 101 Å². The summed E-state index contributed by atoms with van der Waals surface area (Å²) in [4.78, 5) is 36.3. The van der Waals surface area contributed by atoms with Crippen molar-refractivity contribution in [2.75, 3.05) is 11.9 Å². The third kappa shape index (κ3) is 7.53. The fourth-order valence-corrected chi connectivity index (χ4v) is 3.01. The van der Waals surface area contributed by atoms with E-state index in [1.807, 2.05) is 47.3 Å². The third-order valence-corrected chi connectivity index (χ3v) is 4.49. The molecule has 0 atom stereocenters. The fraction of sp³-hybridized carbons (Fsp3) is 0.240. The number of rotatable bonds is 7. The molecule has 0 radical (unpaired) electrons. The van der Waals surface area contributed by atoms with Gasteiger partial charge in [0.2, 0.25) is 5.91 Å². The molecule has 3 rings (SSSR count). The van der Waals surface area contributed by atoms with Gasteiger partial charge in [0.1, 0.15) is 12.1 Å². The highest BCUT2D eigenvalue weighted by Crippen LogP contribution is 2.13. The van der Waals surface area contributed by atoms with E-state index in [0.717, 1.165) is 11.3 Å². The number of amides is 3. The summed E-state index contributed by atoms with van der Waals surface area (Å²) in [5.74, 6) is -0.574. The quantitative estimate of drug-likeness (QED) is 0.511. The molecule has 0 saturated heterocycles. The summed E-state index contributed by atoms with van der Waals surface area (Å²) < 4.78 is 7.06. The molecule has 0 unspecified atom stereocenters. The summed E-state index contributed by atoms with van der Waals surface area (Å²) in [6.45, 7) is 5.33. The van der Waals surface area contributed by atoms with E-state index < -0.39 is 11.7 Å². The van der Waals surface area contributed by atoms with Crippen molar-refractivity contribution in [3.8, 4) is 5.69 Å². The van der Waals surface area contributed by atoms with E-state index in [9.17, 15) is 14.4 Å². The standard InChI is InChI=1S/C25H28N4O4/c1-25(2,3)33-24(32)27-17-22(30)28-20-8-6-7-18(15-20)16-26-23(31)19-9-11-21(12-10-19)29-13-4-5-14-29/h4-15H,16-17H2,1-3H3,(H,26,31)(H,27,32)(H,28,30). The van der Waals surface area contributed by atoms with Gasteiger partial charge in [-0.2, -0.15) is 0 Å². The Labute approximate surface area is 192 Å². The first-order chi connectivity index (χ1) is 15.7. The minimum Gasteiger partial charge on any atom is -0.444 e. The van der Waals surface area contributed by atoms with E-state index in [2.05, 4.69) is 16.0 Å². The molecule has 0 aliphatic heterocycles. The van der Waals surface area contributed by atoms with Crippen molar-refractivity contribution < 1.29 is 19.1 Å². The van der Waals surface area contributed by atoms with Crippen molar-refractivity contribution in [1.29, 1.82) is 0 Å². The molecule has 2 aromatic carbocycles. The Morgan fingerprint density at radius 2 is 1.61 bits per heavy atom. The Hall–Kier alpha value is -4.07. The predicted octanol–water partition coefficient (Wildman–Crippen LogP) is 3.87. The van der Waals surface area contributed by atoms with E-state index in [4.69, 9.17) is 4.74 Å². The number of aromatic nitrogens is 1. The summed E-state index contributed by atoms with van der Waals surface area (Å²) in [5.41, 5.74) is 2.29. The number of ether oxygens (including phenoxy) is 1. The van der Waals surface area contributed by atoms with E-state index in [1.54, 1.807) is 51.1 Å². The second kappa shape index (κ2) is 10.5. The number of carbonyl (C=O) groups excluding carboxylic acids is 3. The van der Waals surface area contributed by atoms with Crippen molar-refractivity contribution in [1.82, 2.24) is 15.2 Å². The summed E-state index contributed by atoms with van der Waals surface area (Å²) in [7, 11) is 0. The normalized spacial score (nSPS) is 10.9. The van der Waals surface area contributed by atoms with E-state index in [1.165, 1.54) is 0 Å². The smallest absolute Gasteiger partial charge is 0.408 e. The minimum absolute atomic E-state index is 0.190. The molecule has 172 valence electrons. The molecule has 3 amide bonds. The number of benzene rings is 2. The molecule has 1 heterocycles. The van der Waals surface area contributed by atoms with Gasteiger partial charge in [0, 0.05) is 35.9 Å². The van der Waals surface area contributed by atoms with Crippen LogP contribution in [-0.2, 0) is 16.1 Å². The van der Waals surface area contributed by atoms with Gasteiger partial charge in [-0.3, -0.25) is 9.59 Å². The van der Waals surface area contributed by atoms with Gasteiger partial charge < -0.3 is 25.3 Å². The van der Waals surface area contributed by atoms with Gasteiger partial charge in [0.05, 0.1) is 0 Å². The SMILES string of the molecule is CC(C)(C)OC(=O)NCC(=O)Nc1cccc(CNC(=O)c2ccc(-n3cccc3)cc2)c1. The monoisotopic (exact) mass is 448 g/mol. The zero-order valence-electron chi connectivity index (χ0n) is 18.9. The molecule has 3 aromatic rings. The molecule has 8 heteroatoms. The second-order valence-corrected chi connectivity index (χ2v) is 8.42. The minimum atomic E-state index is -0.657. The fourth-order valence-electron chi connectivity index (χ4n) is 3.01. The third-order valence-electron chi connectivity index (χ3n) is 4.49. The molecule has 1 aromatic heterocycles. The van der Waals surface area contributed by atoms with Gasteiger partial charge >= 0.3 is 6.09 Å². The summed E-state index contributed by atoms with van der Waals surface area (Å²) in [6.07, 6.45) is 3.22. The maximum atomic E-state index is 12.5. The van der Waals surface area contributed by atoms with Crippen LogP contribution >= 0.6 is 0 Å². The van der Waals surface area contributed by atoms with Crippen LogP contribution in [0.3, 0.4) is 0 Å². The number of nitrogens with zero attached hydrogens (tertiary/aromatic N) is 1. The van der Waals surface area contributed by atoms with Crippen LogP contribution in [0.5, 0.6) is 0 Å². The van der Waals surface area contributed by atoms with E-state index in [0.29, 0.717) is 17.8 Å². The number of anilines is 1. The molecule has 0 aliphatic carbocycles. The number of hydrogen-bond donors (Lipinski definition) is 3. The number of nitrogens with one attached hydrogen (secondary N) is 3. The maximum absolute atomic E-state index is 12.5. The van der Waals surface area contributed by atoms with Gasteiger partial charge in [0.25, 0.3) is 5.91 Å². The molecule has 8 nitrogen and oxygen atoms in total. The first kappa shape index (κ1) is 23.6. The van der Waals surface area contributed by atoms with Gasteiger partial charge in [0.15, 0.2) is 0 Å². The Morgan fingerprint density at radius 3 is 2.27 bits per heavy atom. The van der Waals surface area contributed by atoms with Crippen molar-refractivity contribution in [3.05, 3.63) is 84.2 Å². The highest BCUT2D eigenvalue weighted by molar-refractivity contribution is 5.95. The Bertz CT molecular complexity index is 1100. The Balaban J connectivity index is 1.49. The largest absolute Gasteiger partial charge is 0.444 e. The maximum Gasteiger partial charge on any atom is 0.408 e. The average Bonchev–Trinajstić information content (AvgIpc) is 3.30. The highest BCUT2D eigenvalue weighted by atomic mass is 16.6. The van der Waals surface area contributed by atoms with Crippen LogP contribution < -0.4 is 16.0 Å². The summed E-state index contributed by atoms with van der Waals surface area (Å²) >= 11 is 0. The summed E-state index contributed by atoms with van der Waals surface area (Å²) in [6, 6.07) is 18.3. The van der Waals surface area contributed by atoms with Crippen molar-refractivity contribution in [2.45, 2.75) is 32.9 Å². The lowest BCUT2D eigenvalue weighted by molar-refractivity contribution is -0.115. The predicted molar refractivity (Wildman–Crippen MR) is 126 cm³/mol. The molecule has 3 N–H and O–H groups in total. The Kier molecular flexibility index (Phi) is 7.50. The van der Waals surface area contributed by atoms with Gasteiger partial charge in [-0.05, 0) is 74.9 Å². The molecule has 0 fully saturated rings. The van der Waals surface area contributed by atoms with Gasteiger partial charge in [-0.25, -0.2) is 4.79 Å². The molecular weight excluding hydrogens is 420 g/mol. The van der Waals surface area contributed by atoms with Crippen LogP contribution in [-0.4, -0.2) is 34.6 Å². The lowest BCUT2D eigenvalue weighted by Crippen LogP contribution is -2.37. The first-order valence-corrected chi connectivity index (χ1v) is 10.6. The van der Waals surface area contributed by atoms with Crippen LogP contribution in [0.25, 0.3) is 5.69 Å². The van der Waals surface area contributed by atoms with Gasteiger partial charge in [-0.15, -0.1) is 0 Å². The molecular formula is C25H28N4O4. The van der Waals surface area contributed by atoms with E-state index >= 15 is 0 Å². The van der Waals surface area contributed by atoms with Crippen molar-refractivity contribution >= 4 is 23.6 Å². The zero-order chi connectivity index (χ0) is 23.8. The van der Waals surface area contributed by atoms with Gasteiger partial charge in [-0.1, -0.05) is 12.1 Å². The molecule has 0 saturated carbocycles. The zero-order valence-corrected chi connectivity index (χ0v) is 18.9. The molecule has 0 spiro atoms. The van der Waals surface area contributed by atoms with Crippen LogP contribution in [0.15, 0.2) is 73.1 Å². The summed E-state index contributed by atoms with van der Waals surface area (Å²) in [5, 5.41) is 8.01.